The van der Waals surface area contributed by atoms with E-state index in [1.165, 1.54) is 12.3 Å². The molecule has 0 saturated heterocycles. The molecule has 2 aromatic rings. The van der Waals surface area contributed by atoms with Gasteiger partial charge < -0.3 is 20.1 Å². The largest absolute Gasteiger partial charge is 0.453 e. The van der Waals surface area contributed by atoms with Gasteiger partial charge in [-0.05, 0) is 36.8 Å². The number of benzene rings is 1. The highest BCUT2D eigenvalue weighted by atomic mass is 127. The number of nitrogens with zero attached hydrogens (tertiary/aromatic N) is 2. The molecule has 0 spiro atoms. The van der Waals surface area contributed by atoms with Crippen LogP contribution in [0.4, 0.5) is 4.39 Å². The van der Waals surface area contributed by atoms with Crippen LogP contribution in [-0.2, 0) is 11.3 Å². The molecule has 1 aromatic heterocycles. The number of halogens is 2. The molecule has 1 heterocycles. The second-order valence-electron chi connectivity index (χ2n) is 5.48. The molecule has 1 unspecified atom stereocenters. The maximum atomic E-state index is 14.2. The van der Waals surface area contributed by atoms with E-state index >= 15 is 0 Å². The first kappa shape index (κ1) is 22.1. The molecule has 1 atom stereocenters. The second kappa shape index (κ2) is 11.6. The topological polar surface area (TPSA) is 67.8 Å². The summed E-state index contributed by atoms with van der Waals surface area (Å²) in [5.74, 6) is 0.844. The van der Waals surface area contributed by atoms with Crippen LogP contribution in [0.25, 0.3) is 0 Å². The van der Waals surface area contributed by atoms with Crippen molar-refractivity contribution in [3.63, 3.8) is 0 Å². The quantitative estimate of drug-likeness (QED) is 0.366. The van der Waals surface area contributed by atoms with Gasteiger partial charge in [0.15, 0.2) is 17.5 Å². The van der Waals surface area contributed by atoms with Crippen molar-refractivity contribution in [3.05, 3.63) is 54.1 Å². The van der Waals surface area contributed by atoms with E-state index in [4.69, 9.17) is 9.47 Å². The van der Waals surface area contributed by atoms with Crippen LogP contribution in [0.5, 0.6) is 11.5 Å². The summed E-state index contributed by atoms with van der Waals surface area (Å²) in [6, 6.07) is 8.40. The highest BCUT2D eigenvalue weighted by Gasteiger charge is 2.08. The smallest absolute Gasteiger partial charge is 0.191 e. The molecule has 0 amide bonds. The number of ether oxygens (including phenoxy) is 2. The molecule has 142 valence electrons. The summed E-state index contributed by atoms with van der Waals surface area (Å²) in [6.07, 6.45) is 3.16. The van der Waals surface area contributed by atoms with Crippen molar-refractivity contribution >= 4 is 29.9 Å². The number of hydrogen-bond acceptors (Lipinski definition) is 4. The zero-order valence-electron chi connectivity index (χ0n) is 15.0. The third kappa shape index (κ3) is 7.12. The van der Waals surface area contributed by atoms with E-state index in [0.29, 0.717) is 24.9 Å². The first-order chi connectivity index (χ1) is 12.1. The van der Waals surface area contributed by atoms with Gasteiger partial charge in [-0.2, -0.15) is 0 Å². The van der Waals surface area contributed by atoms with Gasteiger partial charge in [0.1, 0.15) is 5.75 Å². The van der Waals surface area contributed by atoms with Crippen molar-refractivity contribution in [3.8, 4) is 11.5 Å². The van der Waals surface area contributed by atoms with Gasteiger partial charge in [0, 0.05) is 32.9 Å². The highest BCUT2D eigenvalue weighted by Crippen LogP contribution is 2.24. The maximum Gasteiger partial charge on any atom is 0.191 e. The van der Waals surface area contributed by atoms with Gasteiger partial charge in [-0.1, -0.05) is 6.07 Å². The summed E-state index contributed by atoms with van der Waals surface area (Å²) in [6.45, 7) is 2.99. The molecule has 2 rings (SSSR count). The summed E-state index contributed by atoms with van der Waals surface area (Å²) in [7, 11) is 3.33. The van der Waals surface area contributed by atoms with Crippen LogP contribution in [0.3, 0.4) is 0 Å². The molecule has 0 aliphatic heterocycles. The lowest BCUT2D eigenvalue weighted by Gasteiger charge is -2.17. The number of nitrogens with one attached hydrogen (secondary N) is 2. The van der Waals surface area contributed by atoms with Gasteiger partial charge in [0.25, 0.3) is 0 Å². The van der Waals surface area contributed by atoms with Gasteiger partial charge in [0.05, 0.1) is 12.8 Å². The van der Waals surface area contributed by atoms with Crippen molar-refractivity contribution in [2.24, 2.45) is 4.99 Å². The first-order valence-corrected chi connectivity index (χ1v) is 7.94. The number of methoxy groups -OCH3 is 1. The number of rotatable bonds is 7. The molecule has 26 heavy (non-hydrogen) atoms. The van der Waals surface area contributed by atoms with Crippen molar-refractivity contribution in [1.29, 1.82) is 0 Å². The molecule has 0 fully saturated rings. The standard InChI is InChI=1S/C18H23FN4O2.HI/c1-13(12-24-3)23-18(20-2)22-10-14-6-7-17(16(19)9-14)25-15-5-4-8-21-11-15;/h4-9,11,13H,10,12H2,1-3H3,(H2,20,22,23);1H. The highest BCUT2D eigenvalue weighted by molar-refractivity contribution is 14.0. The molecule has 1 aromatic carbocycles. The summed E-state index contributed by atoms with van der Waals surface area (Å²) in [5, 5.41) is 6.32. The zero-order valence-corrected chi connectivity index (χ0v) is 17.4. The van der Waals surface area contributed by atoms with Gasteiger partial charge in [0.2, 0.25) is 0 Å². The monoisotopic (exact) mass is 474 g/mol. The summed E-state index contributed by atoms with van der Waals surface area (Å²) in [4.78, 5) is 8.07. The Bertz CT molecular complexity index is 701. The zero-order chi connectivity index (χ0) is 18.1. The Balaban J connectivity index is 0.00000338. The summed E-state index contributed by atoms with van der Waals surface area (Å²) < 4.78 is 24.8. The van der Waals surface area contributed by atoms with Crippen molar-refractivity contribution in [1.82, 2.24) is 15.6 Å². The fourth-order valence-electron chi connectivity index (χ4n) is 2.18. The average Bonchev–Trinajstić information content (AvgIpc) is 2.62. The van der Waals surface area contributed by atoms with Gasteiger partial charge in [-0.3, -0.25) is 9.98 Å². The lowest BCUT2D eigenvalue weighted by Crippen LogP contribution is -2.43. The Morgan fingerprint density at radius 3 is 2.77 bits per heavy atom. The van der Waals surface area contributed by atoms with Crippen LogP contribution in [0.1, 0.15) is 12.5 Å². The molecule has 0 saturated carbocycles. The van der Waals surface area contributed by atoms with Crippen LogP contribution < -0.4 is 15.4 Å². The van der Waals surface area contributed by atoms with E-state index in [0.717, 1.165) is 5.56 Å². The molecule has 0 bridgehead atoms. The van der Waals surface area contributed by atoms with Crippen LogP contribution in [0.15, 0.2) is 47.7 Å². The first-order valence-electron chi connectivity index (χ1n) is 7.94. The average molecular weight is 474 g/mol. The molecule has 8 heteroatoms. The Hall–Kier alpha value is -1.94. The van der Waals surface area contributed by atoms with Gasteiger partial charge in [-0.15, -0.1) is 24.0 Å². The number of guanidine groups is 1. The molecular weight excluding hydrogens is 450 g/mol. The van der Waals surface area contributed by atoms with E-state index in [1.807, 2.05) is 6.92 Å². The number of aromatic nitrogens is 1. The van der Waals surface area contributed by atoms with E-state index in [9.17, 15) is 4.39 Å². The minimum atomic E-state index is -0.432. The number of pyridine rings is 1. The maximum absolute atomic E-state index is 14.2. The summed E-state index contributed by atoms with van der Waals surface area (Å²) >= 11 is 0. The molecule has 0 aliphatic carbocycles. The Morgan fingerprint density at radius 1 is 1.35 bits per heavy atom. The van der Waals surface area contributed by atoms with Crippen LogP contribution >= 0.6 is 24.0 Å². The van der Waals surface area contributed by atoms with E-state index < -0.39 is 5.82 Å². The third-order valence-electron chi connectivity index (χ3n) is 3.34. The fraction of sp³-hybridized carbons (Fsp3) is 0.333. The normalized spacial score (nSPS) is 12.1. The molecule has 0 radical (unpaired) electrons. The Morgan fingerprint density at radius 2 is 2.15 bits per heavy atom. The number of hydrogen-bond donors (Lipinski definition) is 2. The SMILES string of the molecule is CN=C(NCc1ccc(Oc2cccnc2)c(F)c1)NC(C)COC.I. The van der Waals surface area contributed by atoms with Crippen molar-refractivity contribution in [2.75, 3.05) is 20.8 Å². The van der Waals surface area contributed by atoms with Crippen molar-refractivity contribution in [2.45, 2.75) is 19.5 Å². The van der Waals surface area contributed by atoms with Crippen molar-refractivity contribution < 1.29 is 13.9 Å². The molecule has 2 N–H and O–H groups in total. The lowest BCUT2D eigenvalue weighted by molar-refractivity contribution is 0.179. The van der Waals surface area contributed by atoms with Gasteiger partial charge in [-0.25, -0.2) is 4.39 Å². The Kier molecular flexibility index (Phi) is 9.89. The minimum Gasteiger partial charge on any atom is -0.453 e. The van der Waals surface area contributed by atoms with Gasteiger partial charge >= 0.3 is 0 Å². The minimum absolute atomic E-state index is 0. The Labute approximate surface area is 170 Å². The molecular formula is C18H24FIN4O2. The summed E-state index contributed by atoms with van der Waals surface area (Å²) in [5.41, 5.74) is 0.776. The number of aliphatic imine (C=N–C) groups is 1. The van der Waals surface area contributed by atoms with Crippen LogP contribution in [0, 0.1) is 5.82 Å². The molecule has 6 nitrogen and oxygen atoms in total. The predicted octanol–water partition coefficient (Wildman–Crippen LogP) is 3.33. The molecule has 0 aliphatic rings. The fourth-order valence-corrected chi connectivity index (χ4v) is 2.18. The van der Waals surface area contributed by atoms with E-state index in [1.54, 1.807) is 44.6 Å². The second-order valence-corrected chi connectivity index (χ2v) is 5.48. The van der Waals surface area contributed by atoms with Crippen LogP contribution in [0.2, 0.25) is 0 Å². The van der Waals surface area contributed by atoms with Crippen LogP contribution in [-0.4, -0.2) is 37.7 Å². The third-order valence-corrected chi connectivity index (χ3v) is 3.34. The van der Waals surface area contributed by atoms with E-state index in [2.05, 4.69) is 20.6 Å². The lowest BCUT2D eigenvalue weighted by atomic mass is 10.2. The predicted molar refractivity (Wildman–Crippen MR) is 111 cm³/mol. The van der Waals surface area contributed by atoms with E-state index in [-0.39, 0.29) is 35.8 Å².